The quantitative estimate of drug-likeness (QED) is 0.846. The molecule has 0 spiro atoms. The van der Waals surface area contributed by atoms with E-state index in [-0.39, 0.29) is 5.91 Å². The number of hydrogen-bond donors (Lipinski definition) is 1. The van der Waals surface area contributed by atoms with Gasteiger partial charge in [0, 0.05) is 19.1 Å². The van der Waals surface area contributed by atoms with Gasteiger partial charge in [0.1, 0.15) is 5.38 Å². The molecule has 1 saturated heterocycles. The third kappa shape index (κ3) is 3.33. The minimum atomic E-state index is -0.586. The van der Waals surface area contributed by atoms with E-state index in [9.17, 15) is 4.79 Å². The fourth-order valence-electron chi connectivity index (χ4n) is 2.91. The number of likely N-dealkylation sites (tertiary alicyclic amines) is 1. The van der Waals surface area contributed by atoms with E-state index in [0.29, 0.717) is 5.92 Å². The Balaban J connectivity index is 1.45. The average Bonchev–Trinajstić information content (AvgIpc) is 3.24. The van der Waals surface area contributed by atoms with E-state index in [2.05, 4.69) is 10.2 Å². The number of alkyl halides is 1. The summed E-state index contributed by atoms with van der Waals surface area (Å²) in [4.78, 5) is 14.6. The number of nitrogens with one attached hydrogen (secondary N) is 1. The summed E-state index contributed by atoms with van der Waals surface area (Å²) in [5, 5.41) is 2.42. The van der Waals surface area contributed by atoms with Gasteiger partial charge in [-0.05, 0) is 37.3 Å². The van der Waals surface area contributed by atoms with Gasteiger partial charge in [0.05, 0.1) is 0 Å². The summed E-state index contributed by atoms with van der Waals surface area (Å²) in [6, 6.07) is 10.4. The van der Waals surface area contributed by atoms with Crippen molar-refractivity contribution in [3.63, 3.8) is 0 Å². The van der Waals surface area contributed by atoms with Crippen LogP contribution in [0.15, 0.2) is 30.3 Å². The molecular formula is C16H21ClN2O. The first kappa shape index (κ1) is 13.9. The molecule has 20 heavy (non-hydrogen) atoms. The molecular weight excluding hydrogens is 272 g/mol. The van der Waals surface area contributed by atoms with Crippen molar-refractivity contribution < 1.29 is 4.79 Å². The average molecular weight is 293 g/mol. The van der Waals surface area contributed by atoms with E-state index in [1.54, 1.807) is 0 Å². The van der Waals surface area contributed by atoms with E-state index in [0.717, 1.165) is 24.7 Å². The molecule has 1 aliphatic heterocycles. The van der Waals surface area contributed by atoms with Gasteiger partial charge in [-0.2, -0.15) is 0 Å². The predicted molar refractivity (Wildman–Crippen MR) is 80.7 cm³/mol. The predicted octanol–water partition coefficient (Wildman–Crippen LogP) is 2.57. The van der Waals surface area contributed by atoms with Crippen LogP contribution in [0.3, 0.4) is 0 Å². The maximum Gasteiger partial charge on any atom is 0.242 e. The van der Waals surface area contributed by atoms with Gasteiger partial charge in [-0.15, -0.1) is 11.6 Å². The van der Waals surface area contributed by atoms with Gasteiger partial charge in [-0.25, -0.2) is 0 Å². The van der Waals surface area contributed by atoms with Crippen molar-refractivity contribution in [3.8, 4) is 0 Å². The molecule has 1 aliphatic carbocycles. The molecule has 1 aromatic rings. The molecule has 1 aromatic carbocycles. The smallest absolute Gasteiger partial charge is 0.242 e. The normalized spacial score (nSPS) is 24.6. The molecule has 108 valence electrons. The highest BCUT2D eigenvalue weighted by Crippen LogP contribution is 2.31. The Bertz CT molecular complexity index is 461. The largest absolute Gasteiger partial charge is 0.354 e. The highest BCUT2D eigenvalue weighted by Gasteiger charge is 2.34. The summed E-state index contributed by atoms with van der Waals surface area (Å²) in [7, 11) is 0. The molecule has 2 aliphatic rings. The number of benzene rings is 1. The number of carbonyl (C=O) groups is 1. The number of amides is 1. The second-order valence-electron chi connectivity index (χ2n) is 5.90. The van der Waals surface area contributed by atoms with Crippen LogP contribution >= 0.6 is 11.6 Å². The first-order valence-electron chi connectivity index (χ1n) is 7.45. The summed E-state index contributed by atoms with van der Waals surface area (Å²) in [5.74, 6) is 0.502. The van der Waals surface area contributed by atoms with Crippen LogP contribution in [0, 0.1) is 5.92 Å². The van der Waals surface area contributed by atoms with Gasteiger partial charge >= 0.3 is 0 Å². The van der Waals surface area contributed by atoms with Crippen LogP contribution in [0.1, 0.15) is 30.2 Å². The van der Waals surface area contributed by atoms with Crippen LogP contribution in [0.5, 0.6) is 0 Å². The summed E-state index contributed by atoms with van der Waals surface area (Å²) in [6.07, 6.45) is 3.91. The van der Waals surface area contributed by atoms with Crippen LogP contribution < -0.4 is 5.32 Å². The lowest BCUT2D eigenvalue weighted by molar-refractivity contribution is -0.121. The van der Waals surface area contributed by atoms with Crippen molar-refractivity contribution in [2.75, 3.05) is 19.6 Å². The summed E-state index contributed by atoms with van der Waals surface area (Å²) < 4.78 is 0. The van der Waals surface area contributed by atoms with E-state index in [1.807, 2.05) is 30.3 Å². The summed E-state index contributed by atoms with van der Waals surface area (Å²) >= 11 is 6.21. The molecule has 2 atom stereocenters. The molecule has 0 aromatic heterocycles. The standard InChI is InChI=1S/C16H21ClN2O/c17-15(13-4-2-1-3-5-13)16(20)18-10-12-8-9-19(11-12)14-6-7-14/h1-5,12,14-15H,6-11H2,(H,18,20). The number of halogens is 1. The van der Waals surface area contributed by atoms with Crippen LogP contribution in [0.4, 0.5) is 0 Å². The van der Waals surface area contributed by atoms with Gasteiger partial charge in [-0.3, -0.25) is 4.79 Å². The Hall–Kier alpha value is -1.06. The van der Waals surface area contributed by atoms with E-state index in [4.69, 9.17) is 11.6 Å². The fraction of sp³-hybridized carbons (Fsp3) is 0.562. The highest BCUT2D eigenvalue weighted by atomic mass is 35.5. The molecule has 0 bridgehead atoms. The zero-order valence-electron chi connectivity index (χ0n) is 11.6. The maximum atomic E-state index is 12.1. The summed E-state index contributed by atoms with van der Waals surface area (Å²) in [5.41, 5.74) is 0.859. The Labute approximate surface area is 125 Å². The van der Waals surface area contributed by atoms with Crippen LogP contribution in [-0.2, 0) is 4.79 Å². The Morgan fingerprint density at radius 2 is 2.05 bits per heavy atom. The van der Waals surface area contributed by atoms with E-state index < -0.39 is 5.38 Å². The van der Waals surface area contributed by atoms with Gasteiger partial charge in [0.25, 0.3) is 0 Å². The number of rotatable bonds is 5. The van der Waals surface area contributed by atoms with Crippen molar-refractivity contribution in [1.82, 2.24) is 10.2 Å². The SMILES string of the molecule is O=C(NCC1CCN(C2CC2)C1)C(Cl)c1ccccc1. The highest BCUT2D eigenvalue weighted by molar-refractivity contribution is 6.30. The zero-order chi connectivity index (χ0) is 13.9. The first-order valence-corrected chi connectivity index (χ1v) is 7.88. The zero-order valence-corrected chi connectivity index (χ0v) is 12.4. The molecule has 3 rings (SSSR count). The van der Waals surface area contributed by atoms with Crippen molar-refractivity contribution >= 4 is 17.5 Å². The Morgan fingerprint density at radius 1 is 1.30 bits per heavy atom. The summed E-state index contributed by atoms with van der Waals surface area (Å²) in [6.45, 7) is 3.07. The maximum absolute atomic E-state index is 12.1. The topological polar surface area (TPSA) is 32.3 Å². The molecule has 2 fully saturated rings. The lowest BCUT2D eigenvalue weighted by atomic mass is 10.1. The molecule has 1 heterocycles. The third-order valence-electron chi connectivity index (χ3n) is 4.27. The monoisotopic (exact) mass is 292 g/mol. The second-order valence-corrected chi connectivity index (χ2v) is 6.34. The molecule has 3 nitrogen and oxygen atoms in total. The third-order valence-corrected chi connectivity index (χ3v) is 4.72. The Morgan fingerprint density at radius 3 is 2.75 bits per heavy atom. The second kappa shape index (κ2) is 6.15. The lowest BCUT2D eigenvalue weighted by Gasteiger charge is -2.16. The molecule has 1 saturated carbocycles. The Kier molecular flexibility index (Phi) is 4.27. The van der Waals surface area contributed by atoms with Crippen LogP contribution in [-0.4, -0.2) is 36.5 Å². The van der Waals surface area contributed by atoms with Crippen LogP contribution in [0.2, 0.25) is 0 Å². The molecule has 4 heteroatoms. The van der Waals surface area contributed by atoms with E-state index >= 15 is 0 Å². The van der Waals surface area contributed by atoms with Crippen molar-refractivity contribution in [2.45, 2.75) is 30.7 Å². The number of hydrogen-bond acceptors (Lipinski definition) is 2. The van der Waals surface area contributed by atoms with Crippen molar-refractivity contribution in [2.24, 2.45) is 5.92 Å². The van der Waals surface area contributed by atoms with E-state index in [1.165, 1.54) is 25.8 Å². The minimum Gasteiger partial charge on any atom is -0.354 e. The molecule has 0 radical (unpaired) electrons. The minimum absolute atomic E-state index is 0.0808. The van der Waals surface area contributed by atoms with Gasteiger partial charge in [-0.1, -0.05) is 30.3 Å². The molecule has 1 N–H and O–H groups in total. The number of nitrogens with zero attached hydrogens (tertiary/aromatic N) is 1. The van der Waals surface area contributed by atoms with Gasteiger partial charge in [0.2, 0.25) is 5.91 Å². The number of carbonyl (C=O) groups excluding carboxylic acids is 1. The van der Waals surface area contributed by atoms with Crippen molar-refractivity contribution in [1.29, 1.82) is 0 Å². The van der Waals surface area contributed by atoms with Gasteiger partial charge in [0.15, 0.2) is 0 Å². The first-order chi connectivity index (χ1) is 9.74. The van der Waals surface area contributed by atoms with Gasteiger partial charge < -0.3 is 10.2 Å². The lowest BCUT2D eigenvalue weighted by Crippen LogP contribution is -2.33. The molecule has 1 amide bonds. The van der Waals surface area contributed by atoms with Crippen LogP contribution in [0.25, 0.3) is 0 Å². The van der Waals surface area contributed by atoms with Crippen molar-refractivity contribution in [3.05, 3.63) is 35.9 Å². The molecule has 2 unspecified atom stereocenters. The fourth-order valence-corrected chi connectivity index (χ4v) is 3.13.